The molecule has 19 heavy (non-hydrogen) atoms. The van der Waals surface area contributed by atoms with Crippen LogP contribution in [0.15, 0.2) is 24.5 Å². The molecule has 0 aliphatic rings. The molecule has 0 fully saturated rings. The molecule has 0 saturated carbocycles. The molecule has 2 heterocycles. The number of hydrogen-bond acceptors (Lipinski definition) is 5. The molecule has 4 N–H and O–H groups in total. The standard InChI is InChI=1S/C12H11ClN6/c1-6-7(13)3-2-4-8(6)17-11-9-10(16-5-15-9)18-12(14)19-11/h2-5H,1H3,(H4,14,15,16,17,18,19). The average Bonchev–Trinajstić information content (AvgIpc) is 2.83. The van der Waals surface area contributed by atoms with Gasteiger partial charge < -0.3 is 16.0 Å². The molecule has 0 aliphatic carbocycles. The molecule has 0 unspecified atom stereocenters. The Morgan fingerprint density at radius 2 is 2.16 bits per heavy atom. The fourth-order valence-electron chi connectivity index (χ4n) is 1.81. The van der Waals surface area contributed by atoms with Crippen molar-refractivity contribution in [3.63, 3.8) is 0 Å². The van der Waals surface area contributed by atoms with Crippen LogP contribution in [0.4, 0.5) is 17.5 Å². The first-order chi connectivity index (χ1) is 9.15. The van der Waals surface area contributed by atoms with Gasteiger partial charge in [0.05, 0.1) is 6.33 Å². The summed E-state index contributed by atoms with van der Waals surface area (Å²) < 4.78 is 0. The van der Waals surface area contributed by atoms with Gasteiger partial charge in [0.2, 0.25) is 5.95 Å². The van der Waals surface area contributed by atoms with Gasteiger partial charge in [-0.15, -0.1) is 0 Å². The number of rotatable bonds is 2. The molecular weight excluding hydrogens is 264 g/mol. The Bertz CT molecular complexity index is 751. The average molecular weight is 275 g/mol. The SMILES string of the molecule is Cc1c(Cl)cccc1Nc1nc(N)nc2nc[nH]c12. The maximum absolute atomic E-state index is 6.09. The van der Waals surface area contributed by atoms with E-state index in [4.69, 9.17) is 17.3 Å². The zero-order valence-corrected chi connectivity index (χ0v) is 10.9. The largest absolute Gasteiger partial charge is 0.368 e. The first-order valence-electron chi connectivity index (χ1n) is 5.64. The Morgan fingerprint density at radius 3 is 3.00 bits per heavy atom. The van der Waals surface area contributed by atoms with Crippen LogP contribution in [0.3, 0.4) is 0 Å². The molecule has 0 saturated heterocycles. The monoisotopic (exact) mass is 274 g/mol. The summed E-state index contributed by atoms with van der Waals surface area (Å²) in [5.74, 6) is 0.743. The topological polar surface area (TPSA) is 92.5 Å². The molecule has 6 nitrogen and oxygen atoms in total. The van der Waals surface area contributed by atoms with Crippen molar-refractivity contribution < 1.29 is 0 Å². The number of anilines is 3. The predicted molar refractivity (Wildman–Crippen MR) is 75.6 cm³/mol. The van der Waals surface area contributed by atoms with E-state index < -0.39 is 0 Å². The lowest BCUT2D eigenvalue weighted by atomic mass is 10.2. The quantitative estimate of drug-likeness (QED) is 0.668. The number of nitrogens with zero attached hydrogens (tertiary/aromatic N) is 3. The van der Waals surface area contributed by atoms with Gasteiger partial charge in [-0.25, -0.2) is 4.98 Å². The summed E-state index contributed by atoms with van der Waals surface area (Å²) in [6.07, 6.45) is 1.55. The predicted octanol–water partition coefficient (Wildman–Crippen LogP) is 2.64. The summed E-state index contributed by atoms with van der Waals surface area (Å²) in [5, 5.41) is 3.88. The van der Waals surface area contributed by atoms with Crippen LogP contribution in [0.2, 0.25) is 5.02 Å². The number of nitrogens with one attached hydrogen (secondary N) is 2. The fourth-order valence-corrected chi connectivity index (χ4v) is 1.99. The third kappa shape index (κ3) is 2.06. The fraction of sp³-hybridized carbons (Fsp3) is 0.0833. The Balaban J connectivity index is 2.10. The van der Waals surface area contributed by atoms with E-state index in [1.807, 2.05) is 25.1 Å². The van der Waals surface area contributed by atoms with Gasteiger partial charge in [0.1, 0.15) is 5.52 Å². The summed E-state index contributed by atoms with van der Waals surface area (Å²) in [6.45, 7) is 1.93. The van der Waals surface area contributed by atoms with E-state index in [0.29, 0.717) is 22.0 Å². The number of aromatic nitrogens is 4. The highest BCUT2D eigenvalue weighted by Crippen LogP contribution is 2.27. The van der Waals surface area contributed by atoms with Gasteiger partial charge >= 0.3 is 0 Å². The molecule has 0 amide bonds. The number of nitrogen functional groups attached to an aromatic ring is 1. The lowest BCUT2D eigenvalue weighted by molar-refractivity contribution is 1.21. The zero-order chi connectivity index (χ0) is 13.4. The van der Waals surface area contributed by atoms with Crippen LogP contribution in [0.25, 0.3) is 11.2 Å². The van der Waals surface area contributed by atoms with Crippen molar-refractivity contribution in [2.75, 3.05) is 11.1 Å². The van der Waals surface area contributed by atoms with Crippen LogP contribution < -0.4 is 11.1 Å². The summed E-state index contributed by atoms with van der Waals surface area (Å²) in [4.78, 5) is 15.3. The molecule has 96 valence electrons. The van der Waals surface area contributed by atoms with Crippen molar-refractivity contribution in [1.29, 1.82) is 0 Å². The van der Waals surface area contributed by atoms with Gasteiger partial charge in [-0.3, -0.25) is 0 Å². The summed E-state index contributed by atoms with van der Waals surface area (Å²) in [6, 6.07) is 5.62. The minimum Gasteiger partial charge on any atom is -0.368 e. The molecule has 1 aromatic carbocycles. The number of nitrogens with two attached hydrogens (primary N) is 1. The van der Waals surface area contributed by atoms with E-state index in [0.717, 1.165) is 11.3 Å². The van der Waals surface area contributed by atoms with Crippen molar-refractivity contribution in [3.05, 3.63) is 35.1 Å². The number of benzene rings is 1. The molecule has 0 spiro atoms. The Hall–Kier alpha value is -2.34. The normalized spacial score (nSPS) is 10.8. The number of hydrogen-bond donors (Lipinski definition) is 3. The number of aromatic amines is 1. The smallest absolute Gasteiger partial charge is 0.224 e. The number of H-pyrrole nitrogens is 1. The Labute approximate surface area is 114 Å². The summed E-state index contributed by atoms with van der Waals surface area (Å²) in [5.41, 5.74) is 8.69. The molecule has 0 bridgehead atoms. The molecule has 0 atom stereocenters. The second-order valence-corrected chi connectivity index (χ2v) is 4.48. The maximum Gasteiger partial charge on any atom is 0.224 e. The van der Waals surface area contributed by atoms with E-state index in [9.17, 15) is 0 Å². The Morgan fingerprint density at radius 1 is 1.32 bits per heavy atom. The third-order valence-corrected chi connectivity index (χ3v) is 3.23. The van der Waals surface area contributed by atoms with Crippen LogP contribution in [-0.4, -0.2) is 19.9 Å². The van der Waals surface area contributed by atoms with Gasteiger partial charge in [-0.05, 0) is 24.6 Å². The number of halogens is 1. The van der Waals surface area contributed by atoms with E-state index in [1.54, 1.807) is 6.33 Å². The van der Waals surface area contributed by atoms with Crippen molar-refractivity contribution in [2.45, 2.75) is 6.92 Å². The van der Waals surface area contributed by atoms with Crippen molar-refractivity contribution >= 4 is 40.2 Å². The lowest BCUT2D eigenvalue weighted by Crippen LogP contribution is -2.02. The minimum atomic E-state index is 0.168. The van der Waals surface area contributed by atoms with Crippen molar-refractivity contribution in [1.82, 2.24) is 19.9 Å². The molecular formula is C12H11ClN6. The first kappa shape index (κ1) is 11.7. The molecule has 0 radical (unpaired) electrons. The van der Waals surface area contributed by atoms with Crippen LogP contribution in [-0.2, 0) is 0 Å². The number of fused-ring (bicyclic) bond motifs is 1. The molecule has 0 aliphatic heterocycles. The summed E-state index contributed by atoms with van der Waals surface area (Å²) in [7, 11) is 0. The first-order valence-corrected chi connectivity index (χ1v) is 6.01. The third-order valence-electron chi connectivity index (χ3n) is 2.82. The molecule has 3 aromatic rings. The van der Waals surface area contributed by atoms with Gasteiger partial charge in [0, 0.05) is 10.7 Å². The van der Waals surface area contributed by atoms with Crippen molar-refractivity contribution in [3.8, 4) is 0 Å². The van der Waals surface area contributed by atoms with E-state index in [-0.39, 0.29) is 5.95 Å². The maximum atomic E-state index is 6.09. The van der Waals surface area contributed by atoms with Gasteiger partial charge in [-0.2, -0.15) is 9.97 Å². The van der Waals surface area contributed by atoms with E-state index in [1.165, 1.54) is 0 Å². The molecule has 2 aromatic heterocycles. The lowest BCUT2D eigenvalue weighted by Gasteiger charge is -2.10. The summed E-state index contributed by atoms with van der Waals surface area (Å²) >= 11 is 6.09. The second-order valence-electron chi connectivity index (χ2n) is 4.07. The Kier molecular flexibility index (Phi) is 2.72. The highest BCUT2D eigenvalue weighted by atomic mass is 35.5. The highest BCUT2D eigenvalue weighted by molar-refractivity contribution is 6.31. The van der Waals surface area contributed by atoms with E-state index >= 15 is 0 Å². The van der Waals surface area contributed by atoms with Gasteiger partial charge in [0.15, 0.2) is 11.5 Å². The number of imidazole rings is 1. The van der Waals surface area contributed by atoms with Crippen LogP contribution >= 0.6 is 11.6 Å². The van der Waals surface area contributed by atoms with Crippen LogP contribution in [0.1, 0.15) is 5.56 Å². The second kappa shape index (κ2) is 4.40. The minimum absolute atomic E-state index is 0.168. The van der Waals surface area contributed by atoms with E-state index in [2.05, 4.69) is 25.3 Å². The zero-order valence-electron chi connectivity index (χ0n) is 10.1. The van der Waals surface area contributed by atoms with Crippen molar-refractivity contribution in [2.24, 2.45) is 0 Å². The van der Waals surface area contributed by atoms with Crippen LogP contribution in [0.5, 0.6) is 0 Å². The van der Waals surface area contributed by atoms with Crippen LogP contribution in [0, 0.1) is 6.92 Å². The highest BCUT2D eigenvalue weighted by Gasteiger charge is 2.10. The van der Waals surface area contributed by atoms with Gasteiger partial charge in [0.25, 0.3) is 0 Å². The molecule has 7 heteroatoms. The molecule has 3 rings (SSSR count). The van der Waals surface area contributed by atoms with Gasteiger partial charge in [-0.1, -0.05) is 17.7 Å².